The molecule has 2 rings (SSSR count). The Morgan fingerprint density at radius 2 is 2.04 bits per heavy atom. The van der Waals surface area contributed by atoms with E-state index in [9.17, 15) is 0 Å². The highest BCUT2D eigenvalue weighted by atomic mass is 127. The van der Waals surface area contributed by atoms with Gasteiger partial charge in [-0.15, -0.1) is 24.0 Å². The summed E-state index contributed by atoms with van der Waals surface area (Å²) in [5.41, 5.74) is 0. The van der Waals surface area contributed by atoms with E-state index in [4.69, 9.17) is 14.5 Å². The molecular weight excluding hydrogens is 544 g/mol. The number of benzene rings is 1. The van der Waals surface area contributed by atoms with Crippen LogP contribution in [0.3, 0.4) is 0 Å². The summed E-state index contributed by atoms with van der Waals surface area (Å²) in [5, 5.41) is 3.40. The molecule has 0 atom stereocenters. The van der Waals surface area contributed by atoms with E-state index in [1.165, 1.54) is 3.57 Å². The van der Waals surface area contributed by atoms with Crippen LogP contribution in [0.25, 0.3) is 0 Å². The lowest BCUT2D eigenvalue weighted by atomic mass is 10.1. The molecule has 5 nitrogen and oxygen atoms in total. The third-order valence-corrected chi connectivity index (χ3v) is 4.87. The number of halogens is 2. The standard InChI is InChI=1S/C18H28IN3O2.HI/c1-3-20-18(21-11-6-14-23-2)22-12-9-15(10-13-22)24-17-8-5-4-7-16(17)19;/h4-5,7-8,15H,3,6,9-14H2,1-2H3,(H,20,21);1H. The van der Waals surface area contributed by atoms with Crippen molar-refractivity contribution in [3.8, 4) is 5.75 Å². The van der Waals surface area contributed by atoms with E-state index >= 15 is 0 Å². The Morgan fingerprint density at radius 3 is 2.68 bits per heavy atom. The quantitative estimate of drug-likeness (QED) is 0.234. The van der Waals surface area contributed by atoms with E-state index < -0.39 is 0 Å². The number of methoxy groups -OCH3 is 1. The molecule has 142 valence electrons. The van der Waals surface area contributed by atoms with Gasteiger partial charge in [-0.2, -0.15) is 0 Å². The van der Waals surface area contributed by atoms with Crippen molar-refractivity contribution < 1.29 is 9.47 Å². The number of nitrogens with one attached hydrogen (secondary N) is 1. The number of piperidine rings is 1. The zero-order valence-corrected chi connectivity index (χ0v) is 19.5. The number of guanidine groups is 1. The van der Waals surface area contributed by atoms with Crippen molar-refractivity contribution in [3.05, 3.63) is 27.8 Å². The number of hydrogen-bond donors (Lipinski definition) is 1. The van der Waals surface area contributed by atoms with Gasteiger partial charge in [-0.3, -0.25) is 4.99 Å². The number of likely N-dealkylation sites (tertiary alicyclic amines) is 1. The molecule has 25 heavy (non-hydrogen) atoms. The minimum atomic E-state index is 0. The topological polar surface area (TPSA) is 46.1 Å². The minimum Gasteiger partial charge on any atom is -0.489 e. The first-order valence-corrected chi connectivity index (χ1v) is 9.75. The fourth-order valence-electron chi connectivity index (χ4n) is 2.72. The average molecular weight is 573 g/mol. The fourth-order valence-corrected chi connectivity index (χ4v) is 3.24. The van der Waals surface area contributed by atoms with Crippen LogP contribution in [-0.4, -0.2) is 56.9 Å². The van der Waals surface area contributed by atoms with Crippen LogP contribution in [0.5, 0.6) is 5.75 Å². The summed E-state index contributed by atoms with van der Waals surface area (Å²) in [6.07, 6.45) is 3.28. The van der Waals surface area contributed by atoms with Crippen LogP contribution in [-0.2, 0) is 4.74 Å². The molecule has 0 radical (unpaired) electrons. The van der Waals surface area contributed by atoms with Gasteiger partial charge in [0, 0.05) is 52.7 Å². The zero-order chi connectivity index (χ0) is 17.2. The maximum atomic E-state index is 6.18. The molecule has 0 unspecified atom stereocenters. The lowest BCUT2D eigenvalue weighted by Gasteiger charge is -2.34. The Balaban J connectivity index is 0.00000312. The molecule has 0 bridgehead atoms. The van der Waals surface area contributed by atoms with Gasteiger partial charge < -0.3 is 19.7 Å². The molecule has 0 aromatic heterocycles. The summed E-state index contributed by atoms with van der Waals surface area (Å²) < 4.78 is 12.4. The van der Waals surface area contributed by atoms with E-state index in [1.54, 1.807) is 7.11 Å². The van der Waals surface area contributed by atoms with Crippen molar-refractivity contribution in [2.45, 2.75) is 32.3 Å². The summed E-state index contributed by atoms with van der Waals surface area (Å²) in [6.45, 7) is 6.51. The lowest BCUT2D eigenvalue weighted by Crippen LogP contribution is -2.47. The van der Waals surface area contributed by atoms with Crippen molar-refractivity contribution in [1.82, 2.24) is 10.2 Å². The molecule has 1 saturated heterocycles. The highest BCUT2D eigenvalue weighted by molar-refractivity contribution is 14.1. The molecule has 0 saturated carbocycles. The van der Waals surface area contributed by atoms with Crippen LogP contribution in [0.15, 0.2) is 29.3 Å². The summed E-state index contributed by atoms with van der Waals surface area (Å²) in [4.78, 5) is 7.05. The molecule has 1 heterocycles. The van der Waals surface area contributed by atoms with Gasteiger partial charge in [0.15, 0.2) is 5.96 Å². The van der Waals surface area contributed by atoms with Gasteiger partial charge in [-0.25, -0.2) is 0 Å². The lowest BCUT2D eigenvalue weighted by molar-refractivity contribution is 0.128. The molecular formula is C18H29I2N3O2. The SMILES string of the molecule is CCNC(=NCCCOC)N1CCC(Oc2ccccc2I)CC1.I. The number of nitrogens with zero attached hydrogens (tertiary/aromatic N) is 2. The maximum absolute atomic E-state index is 6.18. The van der Waals surface area contributed by atoms with E-state index in [0.717, 1.165) is 63.8 Å². The first-order valence-electron chi connectivity index (χ1n) is 8.68. The second-order valence-electron chi connectivity index (χ2n) is 5.82. The largest absolute Gasteiger partial charge is 0.489 e. The summed E-state index contributed by atoms with van der Waals surface area (Å²) in [7, 11) is 1.73. The molecule has 0 spiro atoms. The third-order valence-electron chi connectivity index (χ3n) is 3.97. The van der Waals surface area contributed by atoms with Crippen LogP contribution in [0.2, 0.25) is 0 Å². The minimum absolute atomic E-state index is 0. The predicted molar refractivity (Wildman–Crippen MR) is 122 cm³/mol. The molecule has 1 N–H and O–H groups in total. The van der Waals surface area contributed by atoms with Crippen molar-refractivity contribution >= 4 is 52.5 Å². The highest BCUT2D eigenvalue weighted by Gasteiger charge is 2.23. The van der Waals surface area contributed by atoms with Crippen molar-refractivity contribution in [2.24, 2.45) is 4.99 Å². The molecule has 1 aromatic rings. The second-order valence-corrected chi connectivity index (χ2v) is 6.98. The Kier molecular flexibility index (Phi) is 11.8. The van der Waals surface area contributed by atoms with Gasteiger partial charge in [-0.1, -0.05) is 12.1 Å². The van der Waals surface area contributed by atoms with Gasteiger partial charge >= 0.3 is 0 Å². The van der Waals surface area contributed by atoms with Gasteiger partial charge in [0.1, 0.15) is 11.9 Å². The van der Waals surface area contributed by atoms with E-state index in [0.29, 0.717) is 0 Å². The van der Waals surface area contributed by atoms with E-state index in [-0.39, 0.29) is 30.1 Å². The fraction of sp³-hybridized carbons (Fsp3) is 0.611. The Hall–Kier alpha value is -0.290. The summed E-state index contributed by atoms with van der Waals surface area (Å²) in [5.74, 6) is 2.01. The Morgan fingerprint density at radius 1 is 1.32 bits per heavy atom. The van der Waals surface area contributed by atoms with Gasteiger partial charge in [0.25, 0.3) is 0 Å². The van der Waals surface area contributed by atoms with Gasteiger partial charge in [0.05, 0.1) is 3.57 Å². The van der Waals surface area contributed by atoms with Crippen molar-refractivity contribution in [3.63, 3.8) is 0 Å². The Bertz CT molecular complexity index is 521. The first kappa shape index (κ1) is 22.8. The van der Waals surface area contributed by atoms with E-state index in [1.807, 2.05) is 12.1 Å². The van der Waals surface area contributed by atoms with E-state index in [2.05, 4.69) is 51.9 Å². The normalized spacial score (nSPS) is 15.6. The summed E-state index contributed by atoms with van der Waals surface area (Å²) >= 11 is 2.33. The predicted octanol–water partition coefficient (Wildman–Crippen LogP) is 3.75. The van der Waals surface area contributed by atoms with Crippen LogP contribution < -0.4 is 10.1 Å². The number of ether oxygens (including phenoxy) is 2. The molecule has 1 fully saturated rings. The second kappa shape index (κ2) is 13.0. The molecule has 1 aromatic carbocycles. The van der Waals surface area contributed by atoms with Crippen LogP contribution in [0.1, 0.15) is 26.2 Å². The Labute approximate surface area is 182 Å². The van der Waals surface area contributed by atoms with Gasteiger partial charge in [-0.05, 0) is 48.1 Å². The highest BCUT2D eigenvalue weighted by Crippen LogP contribution is 2.24. The third kappa shape index (κ3) is 7.86. The van der Waals surface area contributed by atoms with Crippen molar-refractivity contribution in [2.75, 3.05) is 39.9 Å². The average Bonchev–Trinajstić information content (AvgIpc) is 2.60. The first-order chi connectivity index (χ1) is 11.7. The monoisotopic (exact) mass is 573 g/mol. The van der Waals surface area contributed by atoms with Gasteiger partial charge in [0.2, 0.25) is 0 Å². The molecule has 0 amide bonds. The van der Waals surface area contributed by atoms with Crippen molar-refractivity contribution in [1.29, 1.82) is 0 Å². The molecule has 0 aliphatic carbocycles. The molecule has 7 heteroatoms. The molecule has 1 aliphatic heterocycles. The maximum Gasteiger partial charge on any atom is 0.193 e. The van der Waals surface area contributed by atoms with Crippen LogP contribution in [0, 0.1) is 3.57 Å². The van der Waals surface area contributed by atoms with Crippen LogP contribution >= 0.6 is 46.6 Å². The van der Waals surface area contributed by atoms with Crippen LogP contribution in [0.4, 0.5) is 0 Å². The number of para-hydroxylation sites is 1. The summed E-state index contributed by atoms with van der Waals surface area (Å²) in [6, 6.07) is 8.21. The zero-order valence-electron chi connectivity index (χ0n) is 15.0. The number of aliphatic imine (C=N–C) groups is 1. The molecule has 1 aliphatic rings. The smallest absolute Gasteiger partial charge is 0.193 e. The number of hydrogen-bond acceptors (Lipinski definition) is 3. The number of rotatable bonds is 7.